The van der Waals surface area contributed by atoms with Crippen molar-refractivity contribution in [1.29, 1.82) is 0 Å². The van der Waals surface area contributed by atoms with Crippen molar-refractivity contribution < 1.29 is 9.53 Å². The van der Waals surface area contributed by atoms with Gasteiger partial charge in [-0.3, -0.25) is 4.79 Å². The van der Waals surface area contributed by atoms with Gasteiger partial charge in [-0.05, 0) is 26.0 Å². The van der Waals surface area contributed by atoms with E-state index in [1.165, 1.54) is 11.3 Å². The van der Waals surface area contributed by atoms with Gasteiger partial charge in [-0.2, -0.15) is 0 Å². The first kappa shape index (κ1) is 16.8. The zero-order valence-electron chi connectivity index (χ0n) is 14.3. The molecule has 0 N–H and O–H groups in total. The zero-order valence-corrected chi connectivity index (χ0v) is 14.3. The molecule has 0 radical (unpaired) electrons. The van der Waals surface area contributed by atoms with Gasteiger partial charge in [0.25, 0.3) is 0 Å². The van der Waals surface area contributed by atoms with Crippen LogP contribution in [0.3, 0.4) is 0 Å². The molecule has 0 saturated carbocycles. The highest BCUT2D eigenvalue weighted by molar-refractivity contribution is 5.83. The third-order valence-electron chi connectivity index (χ3n) is 4.32. The van der Waals surface area contributed by atoms with Gasteiger partial charge in [0.1, 0.15) is 0 Å². The number of nitrogens with zero attached hydrogens (tertiary/aromatic N) is 2. The van der Waals surface area contributed by atoms with E-state index in [0.29, 0.717) is 13.2 Å². The molecule has 1 aromatic rings. The van der Waals surface area contributed by atoms with Gasteiger partial charge in [-0.15, -0.1) is 0 Å². The number of aryl methyl sites for hydroxylation is 1. The second kappa shape index (κ2) is 7.14. The predicted octanol–water partition coefficient (Wildman–Crippen LogP) is 2.71. The maximum absolute atomic E-state index is 12.4. The van der Waals surface area contributed by atoms with E-state index in [-0.39, 0.29) is 11.3 Å². The van der Waals surface area contributed by atoms with Crippen LogP contribution in [-0.4, -0.2) is 50.2 Å². The third-order valence-corrected chi connectivity index (χ3v) is 4.32. The monoisotopic (exact) mass is 304 g/mol. The van der Waals surface area contributed by atoms with Crippen molar-refractivity contribution in [3.05, 3.63) is 29.8 Å². The van der Waals surface area contributed by atoms with Crippen LogP contribution < -0.4 is 4.90 Å². The molecule has 4 nitrogen and oxygen atoms in total. The highest BCUT2D eigenvalue weighted by Gasteiger charge is 2.44. The maximum Gasteiger partial charge on any atom is 0.233 e. The number of benzene rings is 1. The summed E-state index contributed by atoms with van der Waals surface area (Å²) in [5, 5.41) is 0. The van der Waals surface area contributed by atoms with Crippen LogP contribution in [0.2, 0.25) is 0 Å². The van der Waals surface area contributed by atoms with E-state index in [1.54, 1.807) is 0 Å². The molecular weight excluding hydrogens is 276 g/mol. The van der Waals surface area contributed by atoms with Crippen molar-refractivity contribution in [1.82, 2.24) is 4.90 Å². The van der Waals surface area contributed by atoms with E-state index in [2.05, 4.69) is 36.1 Å². The number of hydrogen-bond donors (Lipinski definition) is 0. The van der Waals surface area contributed by atoms with Gasteiger partial charge in [-0.25, -0.2) is 0 Å². The lowest BCUT2D eigenvalue weighted by Gasteiger charge is -2.43. The Labute approximate surface area is 134 Å². The summed E-state index contributed by atoms with van der Waals surface area (Å²) in [6.07, 6.45) is 0. The molecule has 2 aliphatic heterocycles. The summed E-state index contributed by atoms with van der Waals surface area (Å²) in [6, 6.07) is 8.60. The van der Waals surface area contributed by atoms with Gasteiger partial charge < -0.3 is 14.5 Å². The van der Waals surface area contributed by atoms with Gasteiger partial charge in [0.05, 0.1) is 18.6 Å². The van der Waals surface area contributed by atoms with E-state index in [9.17, 15) is 4.79 Å². The molecule has 0 unspecified atom stereocenters. The van der Waals surface area contributed by atoms with E-state index in [4.69, 9.17) is 4.74 Å². The molecule has 4 heteroatoms. The largest absolute Gasteiger partial charge is 0.379 e. The number of ether oxygens (including phenoxy) is 1. The highest BCUT2D eigenvalue weighted by Crippen LogP contribution is 2.29. The van der Waals surface area contributed by atoms with E-state index < -0.39 is 0 Å². The average molecular weight is 304 g/mol. The number of piperazine rings is 1. The summed E-state index contributed by atoms with van der Waals surface area (Å²) in [7, 11) is 0. The Morgan fingerprint density at radius 3 is 2.05 bits per heavy atom. The minimum absolute atomic E-state index is 0.257. The minimum atomic E-state index is -0.272. The lowest BCUT2D eigenvalue weighted by Crippen LogP contribution is -2.58. The normalized spacial score (nSPS) is 19.8. The SMILES string of the molecule is CC.Cc1ccc(N2CCN(C(=O)C3(C)COC3)CC2)cc1. The fourth-order valence-electron chi connectivity index (χ4n) is 2.84. The van der Waals surface area contributed by atoms with E-state index >= 15 is 0 Å². The van der Waals surface area contributed by atoms with Crippen LogP contribution in [0.4, 0.5) is 5.69 Å². The van der Waals surface area contributed by atoms with E-state index in [1.807, 2.05) is 25.7 Å². The van der Waals surface area contributed by atoms with Crippen LogP contribution in [0.5, 0.6) is 0 Å². The van der Waals surface area contributed by atoms with Crippen LogP contribution in [0.25, 0.3) is 0 Å². The molecule has 0 spiro atoms. The third kappa shape index (κ3) is 3.43. The summed E-state index contributed by atoms with van der Waals surface area (Å²) >= 11 is 0. The number of hydrogen-bond acceptors (Lipinski definition) is 3. The fraction of sp³-hybridized carbons (Fsp3) is 0.611. The topological polar surface area (TPSA) is 32.8 Å². The Balaban J connectivity index is 0.000000847. The van der Waals surface area contributed by atoms with Crippen LogP contribution in [0.1, 0.15) is 26.3 Å². The van der Waals surface area contributed by atoms with Gasteiger partial charge in [0.15, 0.2) is 0 Å². The van der Waals surface area contributed by atoms with Gasteiger partial charge in [0.2, 0.25) is 5.91 Å². The zero-order chi connectivity index (χ0) is 16.2. The molecule has 3 rings (SSSR count). The first-order chi connectivity index (χ1) is 10.6. The van der Waals surface area contributed by atoms with Crippen molar-refractivity contribution in [3.63, 3.8) is 0 Å². The molecule has 0 aromatic heterocycles. The van der Waals surface area contributed by atoms with Gasteiger partial charge >= 0.3 is 0 Å². The summed E-state index contributed by atoms with van der Waals surface area (Å²) in [6.45, 7) is 12.7. The molecule has 2 heterocycles. The number of anilines is 1. The number of carbonyl (C=O) groups excluding carboxylic acids is 1. The van der Waals surface area contributed by atoms with Gasteiger partial charge in [0, 0.05) is 31.9 Å². The minimum Gasteiger partial charge on any atom is -0.379 e. The molecule has 0 aliphatic carbocycles. The fourth-order valence-corrected chi connectivity index (χ4v) is 2.84. The van der Waals surface area contributed by atoms with Crippen molar-refractivity contribution in [2.24, 2.45) is 5.41 Å². The molecule has 122 valence electrons. The Kier molecular flexibility index (Phi) is 5.46. The number of amides is 1. The van der Waals surface area contributed by atoms with Crippen LogP contribution >= 0.6 is 0 Å². The van der Waals surface area contributed by atoms with Crippen molar-refractivity contribution >= 4 is 11.6 Å². The average Bonchev–Trinajstić information content (AvgIpc) is 2.55. The van der Waals surface area contributed by atoms with Crippen molar-refractivity contribution in [2.45, 2.75) is 27.7 Å². The summed E-state index contributed by atoms with van der Waals surface area (Å²) in [5.41, 5.74) is 2.26. The molecule has 2 fully saturated rings. The van der Waals surface area contributed by atoms with Crippen LogP contribution in [0.15, 0.2) is 24.3 Å². The Bertz CT molecular complexity index is 486. The number of carbonyl (C=O) groups is 1. The predicted molar refractivity (Wildman–Crippen MR) is 90.2 cm³/mol. The second-order valence-electron chi connectivity index (χ2n) is 6.17. The van der Waals surface area contributed by atoms with Crippen LogP contribution in [0, 0.1) is 12.3 Å². The lowest BCUT2D eigenvalue weighted by atomic mass is 9.86. The molecule has 0 atom stereocenters. The van der Waals surface area contributed by atoms with Gasteiger partial charge in [-0.1, -0.05) is 31.5 Å². The molecule has 0 bridgehead atoms. The summed E-state index contributed by atoms with van der Waals surface area (Å²) in [5.74, 6) is 0.257. The highest BCUT2D eigenvalue weighted by atomic mass is 16.5. The Hall–Kier alpha value is -1.55. The van der Waals surface area contributed by atoms with Crippen LogP contribution in [-0.2, 0) is 9.53 Å². The first-order valence-electron chi connectivity index (χ1n) is 8.27. The first-order valence-corrected chi connectivity index (χ1v) is 8.27. The van der Waals surface area contributed by atoms with Crippen molar-refractivity contribution in [2.75, 3.05) is 44.3 Å². The molecule has 1 amide bonds. The quantitative estimate of drug-likeness (QED) is 0.842. The lowest BCUT2D eigenvalue weighted by molar-refractivity contribution is -0.169. The maximum atomic E-state index is 12.4. The molecule has 2 aliphatic rings. The molecule has 1 aromatic carbocycles. The molecule has 22 heavy (non-hydrogen) atoms. The Morgan fingerprint density at radius 1 is 1.05 bits per heavy atom. The second-order valence-corrected chi connectivity index (χ2v) is 6.17. The standard InChI is InChI=1S/C16H22N2O2.C2H6/c1-13-3-5-14(6-4-13)17-7-9-18(10-8-17)15(19)16(2)11-20-12-16;1-2/h3-6H,7-12H2,1-2H3;1-2H3. The van der Waals surface area contributed by atoms with E-state index in [0.717, 1.165) is 26.2 Å². The van der Waals surface area contributed by atoms with Crippen molar-refractivity contribution in [3.8, 4) is 0 Å². The Morgan fingerprint density at radius 2 is 1.59 bits per heavy atom. The molecule has 2 saturated heterocycles. The molecular formula is C18H28N2O2. The summed E-state index contributed by atoms with van der Waals surface area (Å²) < 4.78 is 5.19. The number of rotatable bonds is 2. The smallest absolute Gasteiger partial charge is 0.233 e. The summed E-state index contributed by atoms with van der Waals surface area (Å²) in [4.78, 5) is 16.8.